The van der Waals surface area contributed by atoms with E-state index >= 15 is 0 Å². The number of halogens is 1. The van der Waals surface area contributed by atoms with Gasteiger partial charge in [-0.2, -0.15) is 0 Å². The maximum absolute atomic E-state index is 11.8. The first-order valence-corrected chi connectivity index (χ1v) is 5.94. The molecule has 1 amide bonds. The lowest BCUT2D eigenvalue weighted by molar-refractivity contribution is -0.384. The number of carbonyl (C=O) groups excluding carboxylic acids is 1. The van der Waals surface area contributed by atoms with Crippen LogP contribution in [0.15, 0.2) is 18.2 Å². The summed E-state index contributed by atoms with van der Waals surface area (Å²) in [6, 6.07) is 3.93. The van der Waals surface area contributed by atoms with Gasteiger partial charge in [0.15, 0.2) is 0 Å². The normalized spacial score (nSPS) is 18.6. The van der Waals surface area contributed by atoms with Gasteiger partial charge in [-0.1, -0.05) is 11.6 Å². The first kappa shape index (κ1) is 12.8. The lowest BCUT2D eigenvalue weighted by atomic mass is 10.2. The Morgan fingerprint density at radius 3 is 2.89 bits per heavy atom. The summed E-state index contributed by atoms with van der Waals surface area (Å²) in [7, 11) is 0. The third-order valence-electron chi connectivity index (χ3n) is 2.79. The van der Waals surface area contributed by atoms with Crippen molar-refractivity contribution in [3.8, 4) is 0 Å². The number of hydrogen-bond acceptors (Lipinski definition) is 4. The second-order valence-corrected chi connectivity index (χ2v) is 4.47. The van der Waals surface area contributed by atoms with Crippen LogP contribution in [-0.2, 0) is 4.79 Å². The van der Waals surface area contributed by atoms with E-state index in [0.29, 0.717) is 5.69 Å². The lowest BCUT2D eigenvalue weighted by Gasteiger charge is -2.11. The molecule has 0 radical (unpaired) electrons. The summed E-state index contributed by atoms with van der Waals surface area (Å²) in [6.45, 7) is 0.832. The maximum atomic E-state index is 11.8. The number of anilines is 1. The third kappa shape index (κ3) is 2.77. The predicted octanol–water partition coefficient (Wildman–Crippen LogP) is 1.94. The molecule has 1 saturated heterocycles. The summed E-state index contributed by atoms with van der Waals surface area (Å²) in [5.41, 5.74) is 0.290. The van der Waals surface area contributed by atoms with Gasteiger partial charge < -0.3 is 10.6 Å². The van der Waals surface area contributed by atoms with Crippen LogP contribution in [0.25, 0.3) is 0 Å². The monoisotopic (exact) mass is 269 g/mol. The second-order valence-electron chi connectivity index (χ2n) is 4.06. The van der Waals surface area contributed by atoms with Crippen LogP contribution in [0, 0.1) is 10.1 Å². The first-order chi connectivity index (χ1) is 8.58. The average Bonchev–Trinajstić information content (AvgIpc) is 2.81. The van der Waals surface area contributed by atoms with E-state index in [-0.39, 0.29) is 22.7 Å². The fourth-order valence-corrected chi connectivity index (χ4v) is 2.12. The van der Waals surface area contributed by atoms with Crippen molar-refractivity contribution in [2.24, 2.45) is 0 Å². The van der Waals surface area contributed by atoms with Crippen LogP contribution < -0.4 is 10.6 Å². The number of rotatable bonds is 3. The highest BCUT2D eigenvalue weighted by Crippen LogP contribution is 2.27. The molecule has 0 aliphatic carbocycles. The summed E-state index contributed by atoms with van der Waals surface area (Å²) in [5, 5.41) is 16.3. The Morgan fingerprint density at radius 1 is 1.56 bits per heavy atom. The van der Waals surface area contributed by atoms with Gasteiger partial charge in [-0.25, -0.2) is 0 Å². The molecule has 1 fully saturated rings. The average molecular weight is 270 g/mol. The van der Waals surface area contributed by atoms with Gasteiger partial charge in [-0.05, 0) is 31.5 Å². The molecule has 7 heteroatoms. The zero-order valence-corrected chi connectivity index (χ0v) is 10.2. The minimum absolute atomic E-state index is 0.0113. The van der Waals surface area contributed by atoms with Crippen LogP contribution in [0.4, 0.5) is 11.4 Å². The van der Waals surface area contributed by atoms with Crippen molar-refractivity contribution >= 4 is 28.9 Å². The minimum atomic E-state index is -0.563. The molecule has 0 saturated carbocycles. The van der Waals surface area contributed by atoms with Crippen molar-refractivity contribution in [1.29, 1.82) is 0 Å². The van der Waals surface area contributed by atoms with E-state index in [1.807, 2.05) is 0 Å². The van der Waals surface area contributed by atoms with Gasteiger partial charge in [0.25, 0.3) is 5.69 Å². The second kappa shape index (κ2) is 5.32. The number of hydrogen-bond donors (Lipinski definition) is 2. The summed E-state index contributed by atoms with van der Waals surface area (Å²) < 4.78 is 0. The highest BCUT2D eigenvalue weighted by molar-refractivity contribution is 6.33. The van der Waals surface area contributed by atoms with Crippen molar-refractivity contribution < 1.29 is 9.72 Å². The number of carbonyl (C=O) groups is 1. The van der Waals surface area contributed by atoms with Gasteiger partial charge in [0, 0.05) is 11.8 Å². The Hall–Kier alpha value is -1.66. The Labute approximate surface area is 108 Å². The van der Waals surface area contributed by atoms with E-state index < -0.39 is 4.92 Å². The Morgan fingerprint density at radius 2 is 2.33 bits per heavy atom. The van der Waals surface area contributed by atoms with E-state index in [4.69, 9.17) is 11.6 Å². The number of benzene rings is 1. The summed E-state index contributed by atoms with van der Waals surface area (Å²) in [4.78, 5) is 21.8. The molecular weight excluding hydrogens is 258 g/mol. The molecule has 0 bridgehead atoms. The number of nitrogens with one attached hydrogen (secondary N) is 2. The van der Waals surface area contributed by atoms with Crippen LogP contribution in [0.3, 0.4) is 0 Å². The predicted molar refractivity (Wildman–Crippen MR) is 67.8 cm³/mol. The third-order valence-corrected chi connectivity index (χ3v) is 3.09. The molecule has 1 aliphatic heterocycles. The molecule has 1 aliphatic rings. The Kier molecular flexibility index (Phi) is 3.78. The minimum Gasteiger partial charge on any atom is -0.325 e. The molecule has 96 valence electrons. The van der Waals surface area contributed by atoms with Gasteiger partial charge >= 0.3 is 0 Å². The van der Waals surface area contributed by atoms with Gasteiger partial charge in [-0.3, -0.25) is 14.9 Å². The zero-order valence-electron chi connectivity index (χ0n) is 9.48. The molecule has 1 atom stereocenters. The standard InChI is InChI=1S/C11H12ClN3O3/c12-8-6-7(3-4-10(8)15(17)18)14-11(16)9-2-1-5-13-9/h3-4,6,9,13H,1-2,5H2,(H,14,16)/t9-/m1/s1. The smallest absolute Gasteiger partial charge is 0.288 e. The van der Waals surface area contributed by atoms with E-state index in [2.05, 4.69) is 10.6 Å². The molecule has 0 spiro atoms. The molecule has 6 nitrogen and oxygen atoms in total. The van der Waals surface area contributed by atoms with E-state index in [1.54, 1.807) is 0 Å². The fraction of sp³-hybridized carbons (Fsp3) is 0.364. The largest absolute Gasteiger partial charge is 0.325 e. The number of nitrogens with zero attached hydrogens (tertiary/aromatic N) is 1. The molecule has 18 heavy (non-hydrogen) atoms. The Bertz CT molecular complexity index is 486. The van der Waals surface area contributed by atoms with Gasteiger partial charge in [0.2, 0.25) is 5.91 Å². The van der Waals surface area contributed by atoms with Gasteiger partial charge in [0.05, 0.1) is 11.0 Å². The zero-order chi connectivity index (χ0) is 13.1. The molecule has 0 unspecified atom stereocenters. The molecule has 0 aromatic heterocycles. The number of nitro benzene ring substituents is 1. The maximum Gasteiger partial charge on any atom is 0.288 e. The fourth-order valence-electron chi connectivity index (χ4n) is 1.87. The van der Waals surface area contributed by atoms with Crippen molar-refractivity contribution in [2.45, 2.75) is 18.9 Å². The van der Waals surface area contributed by atoms with Crippen molar-refractivity contribution in [1.82, 2.24) is 5.32 Å². The molecule has 2 N–H and O–H groups in total. The van der Waals surface area contributed by atoms with E-state index in [1.165, 1.54) is 18.2 Å². The van der Waals surface area contributed by atoms with Crippen LogP contribution in [0.2, 0.25) is 5.02 Å². The molecule has 1 aromatic rings. The molecule has 1 heterocycles. The van der Waals surface area contributed by atoms with Crippen LogP contribution in [0.1, 0.15) is 12.8 Å². The quantitative estimate of drug-likeness (QED) is 0.649. The highest BCUT2D eigenvalue weighted by atomic mass is 35.5. The lowest BCUT2D eigenvalue weighted by Crippen LogP contribution is -2.35. The van der Waals surface area contributed by atoms with Crippen LogP contribution in [-0.4, -0.2) is 23.4 Å². The van der Waals surface area contributed by atoms with E-state index in [0.717, 1.165) is 19.4 Å². The van der Waals surface area contributed by atoms with Crippen molar-refractivity contribution in [3.05, 3.63) is 33.3 Å². The van der Waals surface area contributed by atoms with Gasteiger partial charge in [-0.15, -0.1) is 0 Å². The first-order valence-electron chi connectivity index (χ1n) is 5.56. The number of nitro groups is 1. The van der Waals surface area contributed by atoms with Crippen LogP contribution in [0.5, 0.6) is 0 Å². The highest BCUT2D eigenvalue weighted by Gasteiger charge is 2.22. The summed E-state index contributed by atoms with van der Waals surface area (Å²) >= 11 is 5.76. The summed E-state index contributed by atoms with van der Waals surface area (Å²) in [6.07, 6.45) is 1.77. The van der Waals surface area contributed by atoms with Crippen molar-refractivity contribution in [3.63, 3.8) is 0 Å². The summed E-state index contributed by atoms with van der Waals surface area (Å²) in [5.74, 6) is -0.141. The molecular formula is C11H12ClN3O3. The SMILES string of the molecule is O=C(Nc1ccc([N+](=O)[O-])c(Cl)c1)[C@H]1CCCN1. The van der Waals surface area contributed by atoms with Crippen LogP contribution >= 0.6 is 11.6 Å². The van der Waals surface area contributed by atoms with E-state index in [9.17, 15) is 14.9 Å². The molecule has 2 rings (SSSR count). The van der Waals surface area contributed by atoms with Gasteiger partial charge in [0.1, 0.15) is 5.02 Å². The molecule has 1 aromatic carbocycles. The Balaban J connectivity index is 2.07. The van der Waals surface area contributed by atoms with Crippen molar-refractivity contribution in [2.75, 3.05) is 11.9 Å². The topological polar surface area (TPSA) is 84.3 Å². The number of amides is 1.